The predicted molar refractivity (Wildman–Crippen MR) is 239 cm³/mol. The quantitative estimate of drug-likeness (QED) is 0.0880. The van der Waals surface area contributed by atoms with Gasteiger partial charge in [0, 0.05) is 36.6 Å². The molecule has 12 nitrogen and oxygen atoms in total. The number of nitrogens with zero attached hydrogens (tertiary/aromatic N) is 4. The molecule has 2 aromatic heterocycles. The number of benzene rings is 4. The molecule has 1 saturated heterocycles. The second kappa shape index (κ2) is 18.0. The Labute approximate surface area is 366 Å². The summed E-state index contributed by atoms with van der Waals surface area (Å²) in [7, 11) is 1.74. The van der Waals surface area contributed by atoms with E-state index in [-0.39, 0.29) is 47.5 Å². The van der Waals surface area contributed by atoms with Crippen LogP contribution in [0, 0.1) is 23.7 Å². The van der Waals surface area contributed by atoms with Crippen LogP contribution in [0.5, 0.6) is 0 Å². The molecule has 63 heavy (non-hydrogen) atoms. The fraction of sp³-hybridized carbons (Fsp3) is 0.294. The number of carbonyl (C=O) groups excluding carboxylic acids is 4. The first-order chi connectivity index (χ1) is 30.7. The van der Waals surface area contributed by atoms with Crippen LogP contribution in [0.4, 0.5) is 0 Å². The molecule has 3 aliphatic rings. The number of imidazole rings is 2. The van der Waals surface area contributed by atoms with Gasteiger partial charge in [-0.2, -0.15) is 0 Å². The maximum absolute atomic E-state index is 14.1. The van der Waals surface area contributed by atoms with Crippen LogP contribution in [0.3, 0.4) is 0 Å². The van der Waals surface area contributed by atoms with E-state index >= 15 is 0 Å². The van der Waals surface area contributed by atoms with Crippen molar-refractivity contribution < 1.29 is 19.2 Å². The normalized spacial score (nSPS) is 17.2. The van der Waals surface area contributed by atoms with Gasteiger partial charge in [-0.15, -0.1) is 0 Å². The number of hydrogen-bond donors (Lipinski definition) is 4. The van der Waals surface area contributed by atoms with Crippen LogP contribution in [0.15, 0.2) is 122 Å². The van der Waals surface area contributed by atoms with Gasteiger partial charge in [0.1, 0.15) is 23.7 Å². The number of nitrogens with one attached hydrogen (secondary N) is 4. The molecule has 2 saturated carbocycles. The highest BCUT2D eigenvalue weighted by atomic mass is 16.2. The van der Waals surface area contributed by atoms with Gasteiger partial charge in [0.15, 0.2) is 0 Å². The molecule has 0 radical (unpaired) electrons. The largest absolute Gasteiger partial charge is 0.340 e. The Hall–Kier alpha value is -7.26. The maximum atomic E-state index is 14.1. The summed E-state index contributed by atoms with van der Waals surface area (Å²) in [4.78, 5) is 73.1. The van der Waals surface area contributed by atoms with Crippen LogP contribution >= 0.6 is 0 Å². The fourth-order valence-electron chi connectivity index (χ4n) is 8.09. The molecule has 9 rings (SSSR count). The molecule has 0 bridgehead atoms. The molecular weight excluding hydrogens is 789 g/mol. The summed E-state index contributed by atoms with van der Waals surface area (Å²) in [6.07, 6.45) is 8.66. The number of aromatic nitrogens is 4. The molecule has 6 aromatic rings. The van der Waals surface area contributed by atoms with Crippen molar-refractivity contribution in [2.24, 2.45) is 11.8 Å². The van der Waals surface area contributed by atoms with E-state index in [1.807, 2.05) is 127 Å². The lowest BCUT2D eigenvalue weighted by atomic mass is 10.0. The summed E-state index contributed by atoms with van der Waals surface area (Å²) in [6, 6.07) is 32.6. The number of rotatable bonds is 13. The fourth-order valence-corrected chi connectivity index (χ4v) is 8.09. The van der Waals surface area contributed by atoms with Gasteiger partial charge in [0.05, 0.1) is 35.9 Å². The van der Waals surface area contributed by atoms with E-state index in [2.05, 4.69) is 37.4 Å². The smallest absolute Gasteiger partial charge is 0.250 e. The Bertz CT molecular complexity index is 2660. The number of hydrogen-bond acceptors (Lipinski definition) is 6. The minimum absolute atomic E-state index is 0.00221. The Balaban J connectivity index is 0.820. The van der Waals surface area contributed by atoms with Gasteiger partial charge in [-0.3, -0.25) is 19.2 Å². The van der Waals surface area contributed by atoms with Crippen LogP contribution < -0.4 is 10.6 Å². The van der Waals surface area contributed by atoms with Gasteiger partial charge in [-0.25, -0.2) is 9.97 Å². The summed E-state index contributed by atoms with van der Waals surface area (Å²) >= 11 is 0. The highest BCUT2D eigenvalue weighted by Gasteiger charge is 2.39. The molecular formula is C51H50N8O4. The zero-order valence-electron chi connectivity index (χ0n) is 35.4. The third-order valence-electron chi connectivity index (χ3n) is 12.3. The number of amides is 4. The van der Waals surface area contributed by atoms with Crippen molar-refractivity contribution in [2.45, 2.75) is 69.6 Å². The highest BCUT2D eigenvalue weighted by Crippen LogP contribution is 2.36. The SMILES string of the molecule is C[C@@H](c1ncc(-c2ccc(C#Cc3ccc(-c4cnc([C@@H]5CCCN5C(=O)[C@H](NC(=O)C5CC5)c5ccccc5)[nH]4)cc3)cc2)[nH]1)N(C)C(=O)[C@H](NC(=O)C1CC1)c1ccccc1. The summed E-state index contributed by atoms with van der Waals surface area (Å²) in [5.74, 6) is 7.41. The van der Waals surface area contributed by atoms with Gasteiger partial charge in [-0.05, 0) is 92.0 Å². The van der Waals surface area contributed by atoms with E-state index in [1.165, 1.54) is 0 Å². The molecule has 1 aliphatic heterocycles. The van der Waals surface area contributed by atoms with Crippen molar-refractivity contribution >= 4 is 23.6 Å². The van der Waals surface area contributed by atoms with Gasteiger partial charge in [-0.1, -0.05) is 96.8 Å². The lowest BCUT2D eigenvalue weighted by Crippen LogP contribution is -2.43. The number of likely N-dealkylation sites (N-methyl/N-ethyl adjacent to an activating group) is 1. The second-order valence-corrected chi connectivity index (χ2v) is 16.8. The van der Waals surface area contributed by atoms with Crippen LogP contribution in [0.25, 0.3) is 22.5 Å². The van der Waals surface area contributed by atoms with Crippen molar-refractivity contribution in [1.29, 1.82) is 0 Å². The number of carbonyl (C=O) groups is 4. The standard InChI is InChI=1S/C51H50N8O4/c1-32(58(2)50(62)44(37-10-5-3-6-11-37)56-48(60)39-25-26-39)46-52-30-41(54-46)35-21-17-33(18-22-35)15-16-34-19-23-36(24-20-34)42-31-53-47(55-42)43-14-9-29-59(43)51(63)45(38-12-7-4-8-13-38)57-49(61)40-27-28-40/h3-8,10-13,17-24,30-32,39-40,43-45H,9,14,25-29H2,1-2H3,(H,52,54)(H,53,55)(H,56,60)(H,57,61)/t32-,43-,44+,45+/m0/s1. The van der Waals surface area contributed by atoms with Gasteiger partial charge < -0.3 is 30.4 Å². The monoisotopic (exact) mass is 838 g/mol. The van der Waals surface area contributed by atoms with Gasteiger partial charge >= 0.3 is 0 Å². The Morgan fingerprint density at radius 1 is 0.667 bits per heavy atom. The van der Waals surface area contributed by atoms with Crippen molar-refractivity contribution in [1.82, 2.24) is 40.4 Å². The zero-order chi connectivity index (χ0) is 43.5. The average Bonchev–Trinajstić information content (AvgIpc) is 4.20. The number of H-pyrrole nitrogens is 2. The van der Waals surface area contributed by atoms with Crippen molar-refractivity contribution in [2.75, 3.05) is 13.6 Å². The average molecular weight is 839 g/mol. The number of likely N-dealkylation sites (tertiary alicyclic amines) is 1. The molecule has 4 atom stereocenters. The molecule has 4 amide bonds. The van der Waals surface area contributed by atoms with E-state index in [4.69, 9.17) is 4.98 Å². The first kappa shape index (κ1) is 41.1. The summed E-state index contributed by atoms with van der Waals surface area (Å²) in [5.41, 5.74) is 6.81. The summed E-state index contributed by atoms with van der Waals surface area (Å²) < 4.78 is 0. The topological polar surface area (TPSA) is 156 Å². The zero-order valence-corrected chi connectivity index (χ0v) is 35.4. The van der Waals surface area contributed by atoms with Gasteiger partial charge in [0.25, 0.3) is 0 Å². The second-order valence-electron chi connectivity index (χ2n) is 16.8. The predicted octanol–water partition coefficient (Wildman–Crippen LogP) is 7.58. The molecule has 12 heteroatoms. The van der Waals surface area contributed by atoms with Gasteiger partial charge in [0.2, 0.25) is 23.6 Å². The van der Waals surface area contributed by atoms with Crippen LogP contribution in [0.1, 0.15) is 104 Å². The molecule has 4 aromatic carbocycles. The maximum Gasteiger partial charge on any atom is 0.250 e. The minimum atomic E-state index is -0.779. The first-order valence-electron chi connectivity index (χ1n) is 21.8. The number of aromatic amines is 2. The lowest BCUT2D eigenvalue weighted by molar-refractivity contribution is -0.138. The molecule has 3 fully saturated rings. The van der Waals surface area contributed by atoms with Crippen LogP contribution in [0.2, 0.25) is 0 Å². The Morgan fingerprint density at radius 2 is 1.17 bits per heavy atom. The third-order valence-corrected chi connectivity index (χ3v) is 12.3. The van der Waals surface area contributed by atoms with E-state index in [0.29, 0.717) is 12.4 Å². The summed E-state index contributed by atoms with van der Waals surface area (Å²) in [6.45, 7) is 2.52. The highest BCUT2D eigenvalue weighted by molar-refractivity contribution is 5.91. The van der Waals surface area contributed by atoms with Crippen LogP contribution in [-0.2, 0) is 19.2 Å². The molecule has 4 N–H and O–H groups in total. The van der Waals surface area contributed by atoms with Crippen molar-refractivity contribution in [3.63, 3.8) is 0 Å². The van der Waals surface area contributed by atoms with Crippen molar-refractivity contribution in [3.8, 4) is 34.4 Å². The molecule has 318 valence electrons. The minimum Gasteiger partial charge on any atom is -0.340 e. The molecule has 0 spiro atoms. The van der Waals surface area contributed by atoms with Crippen molar-refractivity contribution in [3.05, 3.63) is 155 Å². The molecule has 0 unspecified atom stereocenters. The van der Waals surface area contributed by atoms with Crippen LogP contribution in [-0.4, -0.2) is 67.0 Å². The third kappa shape index (κ3) is 9.33. The van der Waals surface area contributed by atoms with E-state index in [1.54, 1.807) is 18.1 Å². The van der Waals surface area contributed by atoms with E-state index in [0.717, 1.165) is 89.1 Å². The summed E-state index contributed by atoms with van der Waals surface area (Å²) in [5, 5.41) is 6.02. The Morgan fingerprint density at radius 3 is 1.73 bits per heavy atom. The first-order valence-corrected chi connectivity index (χ1v) is 21.8. The lowest BCUT2D eigenvalue weighted by Gasteiger charge is -2.28. The van der Waals surface area contributed by atoms with E-state index in [9.17, 15) is 19.2 Å². The molecule has 2 aliphatic carbocycles. The Kier molecular flexibility index (Phi) is 11.7. The van der Waals surface area contributed by atoms with E-state index < -0.39 is 12.1 Å². The molecule has 3 heterocycles.